The number of nitrogens with two attached hydrogens (primary N) is 1. The Morgan fingerprint density at radius 2 is 1.86 bits per heavy atom. The second-order valence-electron chi connectivity index (χ2n) is 10.2. The van der Waals surface area contributed by atoms with Gasteiger partial charge in [0.25, 0.3) is 0 Å². The zero-order chi connectivity index (χ0) is 19.8. The summed E-state index contributed by atoms with van der Waals surface area (Å²) in [5.74, 6) is 0.798. The number of hydrogen-bond acceptors (Lipinski definition) is 3. The molecular formula is C23H32N2O2S. The minimum atomic E-state index is -3.31. The van der Waals surface area contributed by atoms with E-state index < -0.39 is 10.0 Å². The zero-order valence-corrected chi connectivity index (χ0v) is 17.8. The molecule has 3 aliphatic carbocycles. The lowest BCUT2D eigenvalue weighted by molar-refractivity contribution is 0.136. The molecular weight excluding hydrogens is 368 g/mol. The van der Waals surface area contributed by atoms with E-state index in [9.17, 15) is 8.42 Å². The first kappa shape index (κ1) is 18.8. The Labute approximate surface area is 169 Å². The Hall–Kier alpha value is -1.17. The largest absolute Gasteiger partial charge is 0.327 e. The molecule has 0 radical (unpaired) electrons. The molecule has 2 N–H and O–H groups in total. The van der Waals surface area contributed by atoms with Crippen LogP contribution in [0.2, 0.25) is 0 Å². The molecule has 1 saturated heterocycles. The zero-order valence-electron chi connectivity index (χ0n) is 17.0. The number of nitrogens with zero attached hydrogens (tertiary/aromatic N) is 1. The monoisotopic (exact) mass is 400 g/mol. The van der Waals surface area contributed by atoms with Crippen molar-refractivity contribution in [1.82, 2.24) is 4.31 Å². The summed E-state index contributed by atoms with van der Waals surface area (Å²) in [4.78, 5) is 0. The Bertz CT molecular complexity index is 928. The minimum Gasteiger partial charge on any atom is -0.327 e. The van der Waals surface area contributed by atoms with Crippen molar-refractivity contribution in [1.29, 1.82) is 0 Å². The molecule has 28 heavy (non-hydrogen) atoms. The fourth-order valence-corrected chi connectivity index (χ4v) is 9.25. The van der Waals surface area contributed by atoms with Crippen molar-refractivity contribution in [3.63, 3.8) is 0 Å². The summed E-state index contributed by atoms with van der Waals surface area (Å²) in [5.41, 5.74) is 8.95. The average Bonchev–Trinajstić information content (AvgIpc) is 3.19. The van der Waals surface area contributed by atoms with Crippen molar-refractivity contribution in [3.05, 3.63) is 41.5 Å². The summed E-state index contributed by atoms with van der Waals surface area (Å²) < 4.78 is 28.7. The van der Waals surface area contributed by atoms with Crippen LogP contribution in [0.15, 0.2) is 30.3 Å². The molecule has 5 rings (SSSR count). The molecule has 2 unspecified atom stereocenters. The Kier molecular flexibility index (Phi) is 3.99. The number of piperidine rings is 1. The van der Waals surface area contributed by atoms with E-state index in [0.717, 1.165) is 32.1 Å². The fraction of sp³-hybridized carbons (Fsp3) is 0.652. The third-order valence-corrected chi connectivity index (χ3v) is 11.0. The molecule has 1 heterocycles. The molecule has 3 fully saturated rings. The quantitative estimate of drug-likeness (QED) is 0.844. The van der Waals surface area contributed by atoms with Gasteiger partial charge in [-0.1, -0.05) is 50.3 Å². The van der Waals surface area contributed by atoms with E-state index in [1.54, 1.807) is 4.31 Å². The van der Waals surface area contributed by atoms with Crippen LogP contribution in [0, 0.1) is 16.7 Å². The number of fused-ring (bicyclic) bond motifs is 4. The molecule has 5 heteroatoms. The van der Waals surface area contributed by atoms with Gasteiger partial charge in [0.2, 0.25) is 10.0 Å². The van der Waals surface area contributed by atoms with Crippen molar-refractivity contribution >= 4 is 16.1 Å². The fourth-order valence-electron chi connectivity index (χ4n) is 6.95. The van der Waals surface area contributed by atoms with Gasteiger partial charge in [0.1, 0.15) is 0 Å². The summed E-state index contributed by atoms with van der Waals surface area (Å²) in [6.45, 7) is 5.71. The second-order valence-corrected chi connectivity index (χ2v) is 12.2. The van der Waals surface area contributed by atoms with Crippen molar-refractivity contribution in [3.8, 4) is 0 Å². The van der Waals surface area contributed by atoms with E-state index in [2.05, 4.69) is 50.3 Å². The normalized spacial score (nSPS) is 35.5. The predicted molar refractivity (Wildman–Crippen MR) is 113 cm³/mol. The van der Waals surface area contributed by atoms with Crippen molar-refractivity contribution in [2.45, 2.75) is 57.4 Å². The van der Waals surface area contributed by atoms with Crippen LogP contribution in [0.5, 0.6) is 0 Å². The minimum absolute atomic E-state index is 0.0109. The summed E-state index contributed by atoms with van der Waals surface area (Å²) in [6, 6.07) is 8.54. The molecule has 2 saturated carbocycles. The lowest BCUT2D eigenvalue weighted by Gasteiger charge is -2.44. The summed E-state index contributed by atoms with van der Waals surface area (Å²) in [5, 5.41) is 0. The van der Waals surface area contributed by atoms with E-state index in [-0.39, 0.29) is 28.0 Å². The van der Waals surface area contributed by atoms with Crippen LogP contribution in [0.3, 0.4) is 0 Å². The van der Waals surface area contributed by atoms with Gasteiger partial charge >= 0.3 is 0 Å². The number of rotatable bonds is 3. The van der Waals surface area contributed by atoms with E-state index in [0.29, 0.717) is 19.0 Å². The molecule has 1 aliphatic heterocycles. The van der Waals surface area contributed by atoms with Crippen molar-refractivity contribution in [2.24, 2.45) is 22.5 Å². The predicted octanol–water partition coefficient (Wildman–Crippen LogP) is 3.53. The van der Waals surface area contributed by atoms with Crippen LogP contribution in [-0.2, 0) is 15.4 Å². The van der Waals surface area contributed by atoms with Gasteiger partial charge in [0.15, 0.2) is 0 Å². The van der Waals surface area contributed by atoms with Gasteiger partial charge in [-0.25, -0.2) is 12.7 Å². The average molecular weight is 401 g/mol. The van der Waals surface area contributed by atoms with Gasteiger partial charge in [0, 0.05) is 30.0 Å². The van der Waals surface area contributed by atoms with Gasteiger partial charge in [-0.05, 0) is 54.6 Å². The van der Waals surface area contributed by atoms with Gasteiger partial charge in [-0.15, -0.1) is 0 Å². The first-order valence-electron chi connectivity index (χ1n) is 10.7. The molecule has 1 spiro atoms. The number of benzene rings is 1. The number of sulfonamides is 1. The van der Waals surface area contributed by atoms with Gasteiger partial charge in [0.05, 0.1) is 5.75 Å². The summed E-state index contributed by atoms with van der Waals surface area (Å²) >= 11 is 0. The molecule has 2 bridgehead atoms. The maximum absolute atomic E-state index is 13.5. The number of allylic oxidation sites excluding steroid dienone is 1. The third kappa shape index (κ3) is 2.39. The molecule has 4 nitrogen and oxygen atoms in total. The summed E-state index contributed by atoms with van der Waals surface area (Å²) in [6.07, 6.45) is 9.30. The number of hydrogen-bond donors (Lipinski definition) is 1. The van der Waals surface area contributed by atoms with Crippen LogP contribution in [0.4, 0.5) is 0 Å². The maximum Gasteiger partial charge on any atom is 0.214 e. The molecule has 1 aromatic carbocycles. The highest BCUT2D eigenvalue weighted by Crippen LogP contribution is 2.65. The van der Waals surface area contributed by atoms with E-state index in [1.807, 2.05) is 0 Å². The molecule has 0 amide bonds. The highest BCUT2D eigenvalue weighted by atomic mass is 32.2. The Balaban J connectivity index is 1.35. The van der Waals surface area contributed by atoms with Gasteiger partial charge < -0.3 is 5.73 Å². The molecule has 1 aromatic rings. The molecule has 3 atom stereocenters. The molecule has 152 valence electrons. The smallest absolute Gasteiger partial charge is 0.214 e. The lowest BCUT2D eigenvalue weighted by Crippen LogP contribution is -2.53. The first-order valence-corrected chi connectivity index (χ1v) is 12.3. The first-order chi connectivity index (χ1) is 13.2. The van der Waals surface area contributed by atoms with Gasteiger partial charge in [-0.3, -0.25) is 0 Å². The van der Waals surface area contributed by atoms with Crippen molar-refractivity contribution < 1.29 is 8.42 Å². The highest BCUT2D eigenvalue weighted by Gasteiger charge is 2.64. The molecule has 0 aromatic heterocycles. The van der Waals surface area contributed by atoms with E-state index in [1.165, 1.54) is 11.1 Å². The third-order valence-electron chi connectivity index (χ3n) is 9.02. The Morgan fingerprint density at radius 1 is 1.14 bits per heavy atom. The maximum atomic E-state index is 13.5. The Morgan fingerprint density at radius 3 is 2.50 bits per heavy atom. The van der Waals surface area contributed by atoms with Gasteiger partial charge in [-0.2, -0.15) is 0 Å². The van der Waals surface area contributed by atoms with Crippen LogP contribution in [-0.4, -0.2) is 37.6 Å². The lowest BCUT2D eigenvalue weighted by atomic mass is 9.69. The van der Waals surface area contributed by atoms with E-state index >= 15 is 0 Å². The summed E-state index contributed by atoms with van der Waals surface area (Å²) in [7, 11) is -3.31. The second kappa shape index (κ2) is 5.93. The van der Waals surface area contributed by atoms with E-state index in [4.69, 9.17) is 5.73 Å². The van der Waals surface area contributed by atoms with Crippen LogP contribution < -0.4 is 5.73 Å². The standard InChI is InChI=1S/C23H32N2O2S/c1-21(2)18-8-10-23(21,20(24)15-18)16-28(26,27)25-13-11-22(12-14-25)9-7-17-5-3-4-6-19(17)22/h3-7,9,18,20H,8,10-16,24H2,1-2H3/t18?,20?,23-/m1/s1. The van der Waals surface area contributed by atoms with Crippen LogP contribution in [0.25, 0.3) is 6.08 Å². The van der Waals surface area contributed by atoms with Crippen LogP contribution >= 0.6 is 0 Å². The van der Waals surface area contributed by atoms with Crippen LogP contribution in [0.1, 0.15) is 57.1 Å². The topological polar surface area (TPSA) is 63.4 Å². The SMILES string of the molecule is CC1(C)C2CC[C@@]1(CS(=O)(=O)N1CCC3(C=Cc4ccccc43)CC1)C(N)C2. The van der Waals surface area contributed by atoms with Crippen molar-refractivity contribution in [2.75, 3.05) is 18.8 Å². The molecule has 4 aliphatic rings. The highest BCUT2D eigenvalue weighted by molar-refractivity contribution is 7.89.